The highest BCUT2D eigenvalue weighted by molar-refractivity contribution is 5.24. The highest BCUT2D eigenvalue weighted by Crippen LogP contribution is 2.31. The average Bonchev–Trinajstić information content (AvgIpc) is 2.54. The summed E-state index contributed by atoms with van der Waals surface area (Å²) in [6.07, 6.45) is 3.69. The van der Waals surface area contributed by atoms with E-state index in [0.29, 0.717) is 11.8 Å². The molecule has 0 fully saturated rings. The molecule has 0 unspecified atom stereocenters. The van der Waals surface area contributed by atoms with Gasteiger partial charge in [-0.3, -0.25) is 0 Å². The molecule has 0 saturated heterocycles. The second kappa shape index (κ2) is 8.75. The molecule has 2 aromatic carbocycles. The molecule has 0 heterocycles. The molecule has 0 amide bonds. The third-order valence-electron chi connectivity index (χ3n) is 4.48. The summed E-state index contributed by atoms with van der Waals surface area (Å²) in [5.41, 5.74) is 2.92. The van der Waals surface area contributed by atoms with Gasteiger partial charge in [0.1, 0.15) is 0 Å². The summed E-state index contributed by atoms with van der Waals surface area (Å²) in [5.74, 6) is 1.30. The van der Waals surface area contributed by atoms with Gasteiger partial charge in [0.05, 0.1) is 0 Å². The fourth-order valence-corrected chi connectivity index (χ4v) is 3.15. The lowest BCUT2D eigenvalue weighted by Crippen LogP contribution is -2.17. The van der Waals surface area contributed by atoms with Crippen molar-refractivity contribution < 1.29 is 0 Å². The van der Waals surface area contributed by atoms with Crippen molar-refractivity contribution in [3.05, 3.63) is 71.8 Å². The smallest absolute Gasteiger partial charge is 0.00247 e. The van der Waals surface area contributed by atoms with Gasteiger partial charge >= 0.3 is 0 Å². The lowest BCUT2D eigenvalue weighted by atomic mass is 9.80. The van der Waals surface area contributed by atoms with Gasteiger partial charge in [-0.15, -0.1) is 0 Å². The summed E-state index contributed by atoms with van der Waals surface area (Å²) in [6, 6.07) is 21.9. The Balaban J connectivity index is 2.08. The minimum atomic E-state index is 0.603. The van der Waals surface area contributed by atoms with E-state index in [2.05, 4.69) is 86.6 Å². The van der Waals surface area contributed by atoms with Gasteiger partial charge in [-0.1, -0.05) is 67.6 Å². The first-order valence-corrected chi connectivity index (χ1v) is 8.40. The summed E-state index contributed by atoms with van der Waals surface area (Å²) in [5, 5.41) is 0. The van der Waals surface area contributed by atoms with Crippen LogP contribution in [0.15, 0.2) is 60.7 Å². The molecule has 0 radical (unpaired) electrons. The van der Waals surface area contributed by atoms with Crippen LogP contribution in [-0.2, 0) is 6.42 Å². The van der Waals surface area contributed by atoms with E-state index >= 15 is 0 Å². The molecule has 1 heteroatoms. The number of nitrogens with zero attached hydrogens (tertiary/aromatic N) is 1. The summed E-state index contributed by atoms with van der Waals surface area (Å²) >= 11 is 0. The summed E-state index contributed by atoms with van der Waals surface area (Å²) < 4.78 is 0. The van der Waals surface area contributed by atoms with E-state index in [1.807, 2.05) is 0 Å². The average molecular weight is 295 g/mol. The maximum absolute atomic E-state index is 2.41. The zero-order chi connectivity index (χ0) is 15.8. The first kappa shape index (κ1) is 16.8. The van der Waals surface area contributed by atoms with Crippen molar-refractivity contribution in [2.24, 2.45) is 5.92 Å². The Morgan fingerprint density at radius 1 is 0.864 bits per heavy atom. The van der Waals surface area contributed by atoms with Crippen LogP contribution < -0.4 is 0 Å². The Morgan fingerprint density at radius 3 is 2.05 bits per heavy atom. The van der Waals surface area contributed by atoms with Crippen LogP contribution >= 0.6 is 0 Å². The van der Waals surface area contributed by atoms with Crippen LogP contribution in [0.1, 0.15) is 36.8 Å². The third kappa shape index (κ3) is 5.31. The van der Waals surface area contributed by atoms with E-state index < -0.39 is 0 Å². The van der Waals surface area contributed by atoms with Gasteiger partial charge in [0.25, 0.3) is 0 Å². The fraction of sp³-hybridized carbons (Fsp3) is 0.429. The normalized spacial score (nSPS) is 14.0. The summed E-state index contributed by atoms with van der Waals surface area (Å²) in [7, 11) is 4.31. The SMILES string of the molecule is C[C@H](CCCN(C)C)[C@@H](Cc1ccccc1)c1ccccc1. The van der Waals surface area contributed by atoms with Crippen LogP contribution in [0.2, 0.25) is 0 Å². The third-order valence-corrected chi connectivity index (χ3v) is 4.48. The largest absolute Gasteiger partial charge is 0.309 e. The molecule has 0 aliphatic carbocycles. The molecule has 0 aliphatic rings. The zero-order valence-electron chi connectivity index (χ0n) is 14.2. The number of rotatable bonds is 8. The van der Waals surface area contributed by atoms with E-state index in [1.54, 1.807) is 0 Å². The van der Waals surface area contributed by atoms with Crippen molar-refractivity contribution in [3.63, 3.8) is 0 Å². The number of hydrogen-bond acceptors (Lipinski definition) is 1. The number of benzene rings is 2. The molecule has 0 bridgehead atoms. The molecule has 0 aromatic heterocycles. The maximum atomic E-state index is 2.41. The Labute approximate surface area is 136 Å². The Bertz CT molecular complexity index is 518. The molecule has 118 valence electrons. The van der Waals surface area contributed by atoms with Crippen molar-refractivity contribution in [2.45, 2.75) is 32.1 Å². The van der Waals surface area contributed by atoms with Crippen molar-refractivity contribution in [1.29, 1.82) is 0 Å². The zero-order valence-corrected chi connectivity index (χ0v) is 14.2. The Kier molecular flexibility index (Phi) is 6.67. The van der Waals surface area contributed by atoms with E-state index in [4.69, 9.17) is 0 Å². The molecule has 0 N–H and O–H groups in total. The second-order valence-electron chi connectivity index (χ2n) is 6.63. The maximum Gasteiger partial charge on any atom is -0.00247 e. The quantitative estimate of drug-likeness (QED) is 0.663. The van der Waals surface area contributed by atoms with Crippen LogP contribution in [0.3, 0.4) is 0 Å². The van der Waals surface area contributed by atoms with E-state index in [9.17, 15) is 0 Å². The van der Waals surface area contributed by atoms with Crippen LogP contribution in [0.4, 0.5) is 0 Å². The summed E-state index contributed by atoms with van der Waals surface area (Å²) in [6.45, 7) is 3.59. The first-order chi connectivity index (χ1) is 10.7. The molecule has 0 aliphatic heterocycles. The van der Waals surface area contributed by atoms with Gasteiger partial charge in [-0.25, -0.2) is 0 Å². The fourth-order valence-electron chi connectivity index (χ4n) is 3.15. The predicted octanol–water partition coefficient (Wildman–Crippen LogP) is 4.99. The van der Waals surface area contributed by atoms with Crippen LogP contribution in [0.25, 0.3) is 0 Å². The van der Waals surface area contributed by atoms with Gasteiger partial charge in [0.15, 0.2) is 0 Å². The lowest BCUT2D eigenvalue weighted by Gasteiger charge is -2.25. The Morgan fingerprint density at radius 2 is 1.45 bits per heavy atom. The molecular formula is C21H29N. The molecule has 2 rings (SSSR count). The van der Waals surface area contributed by atoms with Crippen molar-refractivity contribution in [3.8, 4) is 0 Å². The number of hydrogen-bond donors (Lipinski definition) is 0. The van der Waals surface area contributed by atoms with Crippen molar-refractivity contribution in [2.75, 3.05) is 20.6 Å². The van der Waals surface area contributed by atoms with Gasteiger partial charge in [0, 0.05) is 0 Å². The molecule has 1 nitrogen and oxygen atoms in total. The predicted molar refractivity (Wildman–Crippen MR) is 96.3 cm³/mol. The minimum absolute atomic E-state index is 0.603. The Hall–Kier alpha value is -1.60. The van der Waals surface area contributed by atoms with Crippen LogP contribution in [-0.4, -0.2) is 25.5 Å². The van der Waals surface area contributed by atoms with Crippen LogP contribution in [0, 0.1) is 5.92 Å². The molecule has 2 atom stereocenters. The molecular weight excluding hydrogens is 266 g/mol. The van der Waals surface area contributed by atoms with Crippen molar-refractivity contribution in [1.82, 2.24) is 4.90 Å². The molecule has 22 heavy (non-hydrogen) atoms. The van der Waals surface area contributed by atoms with E-state index in [-0.39, 0.29) is 0 Å². The second-order valence-corrected chi connectivity index (χ2v) is 6.63. The van der Waals surface area contributed by atoms with Gasteiger partial charge in [0.2, 0.25) is 0 Å². The monoisotopic (exact) mass is 295 g/mol. The van der Waals surface area contributed by atoms with Gasteiger partial charge < -0.3 is 4.90 Å². The minimum Gasteiger partial charge on any atom is -0.309 e. The van der Waals surface area contributed by atoms with E-state index in [0.717, 1.165) is 6.42 Å². The molecule has 0 spiro atoms. The van der Waals surface area contributed by atoms with Crippen molar-refractivity contribution >= 4 is 0 Å². The molecule has 2 aromatic rings. The standard InChI is InChI=1S/C21H29N/c1-18(11-10-16-22(2)3)21(20-14-8-5-9-15-20)17-19-12-6-4-7-13-19/h4-9,12-15,18,21H,10-11,16-17H2,1-3H3/t18-,21-/m1/s1. The highest BCUT2D eigenvalue weighted by Gasteiger charge is 2.19. The summed E-state index contributed by atoms with van der Waals surface area (Å²) in [4.78, 5) is 2.28. The van der Waals surface area contributed by atoms with Gasteiger partial charge in [-0.2, -0.15) is 0 Å². The lowest BCUT2D eigenvalue weighted by molar-refractivity contribution is 0.350. The van der Waals surface area contributed by atoms with E-state index in [1.165, 1.54) is 30.5 Å². The van der Waals surface area contributed by atoms with Gasteiger partial charge in [-0.05, 0) is 62.9 Å². The first-order valence-electron chi connectivity index (χ1n) is 8.40. The topological polar surface area (TPSA) is 3.24 Å². The van der Waals surface area contributed by atoms with Crippen LogP contribution in [0.5, 0.6) is 0 Å². The highest BCUT2D eigenvalue weighted by atomic mass is 15.0. The molecule has 0 saturated carbocycles.